The topological polar surface area (TPSA) is 29.1 Å². The maximum absolute atomic E-state index is 12.7. The quantitative estimate of drug-likeness (QED) is 0.811. The molecule has 1 N–H and O–H groups in total. The Labute approximate surface area is 112 Å². The Kier molecular flexibility index (Phi) is 3.87. The third-order valence-electron chi connectivity index (χ3n) is 4.60. The average Bonchev–Trinajstić information content (AvgIpc) is 2.25. The van der Waals surface area contributed by atoms with Gasteiger partial charge in [-0.15, -0.1) is 0 Å². The van der Waals surface area contributed by atoms with Crippen LogP contribution in [0.3, 0.4) is 0 Å². The highest BCUT2D eigenvalue weighted by Gasteiger charge is 2.41. The molecule has 2 nitrogen and oxygen atoms in total. The SMILES string of the molecule is CC1(C)CC(C(=O)C2CCCCC2)CC(C)(C)N1. The molecule has 0 bridgehead atoms. The molecular formula is C16H29NO. The van der Waals surface area contributed by atoms with Crippen molar-refractivity contribution in [1.82, 2.24) is 5.32 Å². The molecule has 1 aliphatic carbocycles. The van der Waals surface area contributed by atoms with Crippen molar-refractivity contribution in [3.8, 4) is 0 Å². The predicted octanol–water partition coefficient (Wildman–Crippen LogP) is 3.69. The number of carbonyl (C=O) groups excluding carboxylic acids is 1. The molecular weight excluding hydrogens is 222 g/mol. The maximum Gasteiger partial charge on any atom is 0.139 e. The summed E-state index contributed by atoms with van der Waals surface area (Å²) in [6, 6.07) is 0. The lowest BCUT2D eigenvalue weighted by Crippen LogP contribution is -2.59. The van der Waals surface area contributed by atoms with Crippen LogP contribution in [-0.4, -0.2) is 16.9 Å². The number of piperidine rings is 1. The lowest BCUT2D eigenvalue weighted by molar-refractivity contribution is -0.130. The van der Waals surface area contributed by atoms with Gasteiger partial charge >= 0.3 is 0 Å². The minimum Gasteiger partial charge on any atom is -0.307 e. The Morgan fingerprint density at radius 1 is 0.889 bits per heavy atom. The van der Waals surface area contributed by atoms with Crippen molar-refractivity contribution in [2.24, 2.45) is 11.8 Å². The van der Waals surface area contributed by atoms with Crippen molar-refractivity contribution in [2.75, 3.05) is 0 Å². The summed E-state index contributed by atoms with van der Waals surface area (Å²) in [5.74, 6) is 1.21. The zero-order chi connectivity index (χ0) is 13.4. The third-order valence-corrected chi connectivity index (χ3v) is 4.60. The Hall–Kier alpha value is -0.370. The van der Waals surface area contributed by atoms with Crippen LogP contribution < -0.4 is 5.32 Å². The van der Waals surface area contributed by atoms with Gasteiger partial charge in [0.25, 0.3) is 0 Å². The van der Waals surface area contributed by atoms with Crippen LogP contribution in [0.5, 0.6) is 0 Å². The number of Topliss-reactive ketones (excluding diaryl/α,β-unsaturated/α-hetero) is 1. The molecule has 0 radical (unpaired) electrons. The van der Waals surface area contributed by atoms with E-state index in [9.17, 15) is 4.79 Å². The molecule has 1 saturated carbocycles. The highest BCUT2D eigenvalue weighted by atomic mass is 16.1. The van der Waals surface area contributed by atoms with E-state index in [1.807, 2.05) is 0 Å². The van der Waals surface area contributed by atoms with Gasteiger partial charge in [0.1, 0.15) is 5.78 Å². The van der Waals surface area contributed by atoms with E-state index in [0.29, 0.717) is 11.7 Å². The highest BCUT2D eigenvalue weighted by Crippen LogP contribution is 2.37. The molecule has 2 aliphatic rings. The van der Waals surface area contributed by atoms with Gasteiger partial charge in [-0.1, -0.05) is 19.3 Å². The number of rotatable bonds is 2. The minimum atomic E-state index is 0.0940. The molecule has 0 aromatic carbocycles. The number of carbonyl (C=O) groups is 1. The molecule has 2 fully saturated rings. The normalized spacial score (nSPS) is 29.1. The molecule has 2 heteroatoms. The van der Waals surface area contributed by atoms with E-state index in [4.69, 9.17) is 0 Å². The number of ketones is 1. The van der Waals surface area contributed by atoms with Crippen LogP contribution in [0.15, 0.2) is 0 Å². The molecule has 0 aromatic heterocycles. The van der Waals surface area contributed by atoms with E-state index in [0.717, 1.165) is 25.7 Å². The van der Waals surface area contributed by atoms with Gasteiger partial charge in [-0.05, 0) is 53.4 Å². The lowest BCUT2D eigenvalue weighted by Gasteiger charge is -2.46. The lowest BCUT2D eigenvalue weighted by atomic mass is 9.70. The van der Waals surface area contributed by atoms with Gasteiger partial charge in [-0.2, -0.15) is 0 Å². The number of nitrogens with one attached hydrogen (secondary N) is 1. The van der Waals surface area contributed by atoms with Crippen LogP contribution in [0.25, 0.3) is 0 Å². The second-order valence-electron chi connectivity index (χ2n) is 7.74. The summed E-state index contributed by atoms with van der Waals surface area (Å²) >= 11 is 0. The summed E-state index contributed by atoms with van der Waals surface area (Å²) in [7, 11) is 0. The van der Waals surface area contributed by atoms with Gasteiger partial charge in [-0.25, -0.2) is 0 Å². The van der Waals surface area contributed by atoms with Crippen LogP contribution in [0, 0.1) is 11.8 Å². The van der Waals surface area contributed by atoms with Gasteiger partial charge in [0, 0.05) is 22.9 Å². The second-order valence-corrected chi connectivity index (χ2v) is 7.74. The van der Waals surface area contributed by atoms with Crippen molar-refractivity contribution in [3.05, 3.63) is 0 Å². The molecule has 0 spiro atoms. The van der Waals surface area contributed by atoms with Gasteiger partial charge < -0.3 is 5.32 Å². The van der Waals surface area contributed by atoms with Gasteiger partial charge in [0.2, 0.25) is 0 Å². The molecule has 1 heterocycles. The second kappa shape index (κ2) is 4.96. The zero-order valence-corrected chi connectivity index (χ0v) is 12.5. The van der Waals surface area contributed by atoms with Crippen molar-refractivity contribution in [3.63, 3.8) is 0 Å². The van der Waals surface area contributed by atoms with E-state index < -0.39 is 0 Å². The molecule has 0 unspecified atom stereocenters. The average molecular weight is 251 g/mol. The molecule has 2 rings (SSSR count). The molecule has 0 aromatic rings. The molecule has 0 amide bonds. The van der Waals surface area contributed by atoms with E-state index >= 15 is 0 Å². The van der Waals surface area contributed by atoms with E-state index in [2.05, 4.69) is 33.0 Å². The summed E-state index contributed by atoms with van der Waals surface area (Å²) in [5.41, 5.74) is 0.188. The zero-order valence-electron chi connectivity index (χ0n) is 12.5. The largest absolute Gasteiger partial charge is 0.307 e. The molecule has 18 heavy (non-hydrogen) atoms. The monoisotopic (exact) mass is 251 g/mol. The van der Waals surface area contributed by atoms with Crippen molar-refractivity contribution < 1.29 is 4.79 Å². The Balaban J connectivity index is 2.05. The van der Waals surface area contributed by atoms with Crippen LogP contribution in [0.1, 0.15) is 72.6 Å². The van der Waals surface area contributed by atoms with Crippen LogP contribution in [-0.2, 0) is 4.79 Å². The van der Waals surface area contributed by atoms with Crippen molar-refractivity contribution in [1.29, 1.82) is 0 Å². The smallest absolute Gasteiger partial charge is 0.139 e. The van der Waals surface area contributed by atoms with Crippen LogP contribution in [0.4, 0.5) is 0 Å². The van der Waals surface area contributed by atoms with Gasteiger partial charge in [-0.3, -0.25) is 4.79 Å². The van der Waals surface area contributed by atoms with Gasteiger partial charge in [0.05, 0.1) is 0 Å². The summed E-state index contributed by atoms with van der Waals surface area (Å²) in [6.45, 7) is 8.92. The molecule has 104 valence electrons. The fourth-order valence-electron chi connectivity index (χ4n) is 4.24. The fraction of sp³-hybridized carbons (Fsp3) is 0.938. The van der Waals surface area contributed by atoms with E-state index in [-0.39, 0.29) is 17.0 Å². The first-order chi connectivity index (χ1) is 8.29. The van der Waals surface area contributed by atoms with Crippen molar-refractivity contribution in [2.45, 2.75) is 83.7 Å². The first kappa shape index (κ1) is 14.0. The fourth-order valence-corrected chi connectivity index (χ4v) is 4.24. The predicted molar refractivity (Wildman–Crippen MR) is 75.6 cm³/mol. The molecule has 1 aliphatic heterocycles. The molecule has 1 saturated heterocycles. The number of hydrogen-bond acceptors (Lipinski definition) is 2. The molecule has 0 atom stereocenters. The van der Waals surface area contributed by atoms with Crippen molar-refractivity contribution >= 4 is 5.78 Å². The number of hydrogen-bond donors (Lipinski definition) is 1. The Morgan fingerprint density at radius 3 is 1.89 bits per heavy atom. The standard InChI is InChI=1S/C16H29NO/c1-15(2)10-13(11-16(3,4)17-15)14(18)12-8-6-5-7-9-12/h12-13,17H,5-11H2,1-4H3. The summed E-state index contributed by atoms with van der Waals surface area (Å²) in [5, 5.41) is 3.67. The first-order valence-corrected chi connectivity index (χ1v) is 7.62. The first-order valence-electron chi connectivity index (χ1n) is 7.62. The Morgan fingerprint density at radius 2 is 1.39 bits per heavy atom. The highest BCUT2D eigenvalue weighted by molar-refractivity contribution is 5.83. The van der Waals surface area contributed by atoms with Gasteiger partial charge in [0.15, 0.2) is 0 Å². The third kappa shape index (κ3) is 3.34. The minimum absolute atomic E-state index is 0.0940. The van der Waals surface area contributed by atoms with Crippen LogP contribution in [0.2, 0.25) is 0 Å². The van der Waals surface area contributed by atoms with E-state index in [1.54, 1.807) is 0 Å². The summed E-state index contributed by atoms with van der Waals surface area (Å²) in [4.78, 5) is 12.7. The van der Waals surface area contributed by atoms with E-state index in [1.165, 1.54) is 19.3 Å². The summed E-state index contributed by atoms with van der Waals surface area (Å²) in [6.07, 6.45) is 8.14. The van der Waals surface area contributed by atoms with Crippen LogP contribution >= 0.6 is 0 Å². The maximum atomic E-state index is 12.7. The summed E-state index contributed by atoms with van der Waals surface area (Å²) < 4.78 is 0. The Bertz CT molecular complexity index is 297.